The summed E-state index contributed by atoms with van der Waals surface area (Å²) in [6.07, 6.45) is 4.76. The molecule has 1 saturated heterocycles. The van der Waals surface area contributed by atoms with Crippen molar-refractivity contribution in [2.45, 2.75) is 32.6 Å². The molecule has 3 heterocycles. The van der Waals surface area contributed by atoms with Gasteiger partial charge in [-0.3, -0.25) is 9.78 Å². The number of rotatable bonds is 5. The van der Waals surface area contributed by atoms with Crippen LogP contribution in [0.3, 0.4) is 0 Å². The quantitative estimate of drug-likeness (QED) is 0.740. The average molecular weight is 403 g/mol. The van der Waals surface area contributed by atoms with Crippen molar-refractivity contribution < 1.29 is 14.3 Å². The fraction of sp³-hybridized carbons (Fsp3) is 0.350. The van der Waals surface area contributed by atoms with Gasteiger partial charge in [-0.15, -0.1) is 0 Å². The van der Waals surface area contributed by atoms with Crippen molar-refractivity contribution >= 4 is 34.5 Å². The van der Waals surface area contributed by atoms with Gasteiger partial charge in [-0.25, -0.2) is 4.98 Å². The van der Waals surface area contributed by atoms with Crippen LogP contribution in [0.15, 0.2) is 37.3 Å². The van der Waals surface area contributed by atoms with E-state index in [0.717, 1.165) is 11.1 Å². The minimum absolute atomic E-state index is 0.241. The van der Waals surface area contributed by atoms with Gasteiger partial charge in [-0.2, -0.15) is 0 Å². The molecule has 2 aromatic heterocycles. The first-order valence-corrected chi connectivity index (χ1v) is 9.24. The first kappa shape index (κ1) is 20.3. The van der Waals surface area contributed by atoms with Gasteiger partial charge in [0.05, 0.1) is 36.2 Å². The molecule has 148 valence electrons. The monoisotopic (exact) mass is 402 g/mol. The summed E-state index contributed by atoms with van der Waals surface area (Å²) in [5, 5.41) is 6.51. The number of amides is 1. The lowest BCUT2D eigenvalue weighted by molar-refractivity contribution is -0.251. The molecule has 7 nitrogen and oxygen atoms in total. The van der Waals surface area contributed by atoms with Crippen LogP contribution in [0.4, 0.5) is 11.4 Å². The molecule has 0 saturated carbocycles. The maximum absolute atomic E-state index is 12.8. The van der Waals surface area contributed by atoms with Crippen molar-refractivity contribution in [1.29, 1.82) is 0 Å². The average Bonchev–Trinajstić information content (AvgIpc) is 2.63. The van der Waals surface area contributed by atoms with Crippen LogP contribution in [0.5, 0.6) is 0 Å². The number of ether oxygens (including phenoxy) is 2. The zero-order valence-corrected chi connectivity index (χ0v) is 16.8. The van der Waals surface area contributed by atoms with Crippen LogP contribution in [-0.4, -0.2) is 40.9 Å². The fourth-order valence-corrected chi connectivity index (χ4v) is 2.90. The Labute approximate surface area is 169 Å². The van der Waals surface area contributed by atoms with E-state index in [9.17, 15) is 4.79 Å². The summed E-state index contributed by atoms with van der Waals surface area (Å²) in [5.74, 6) is -0.911. The van der Waals surface area contributed by atoms with Crippen LogP contribution in [0.1, 0.15) is 36.7 Å². The molecule has 2 aromatic rings. The Morgan fingerprint density at radius 3 is 2.64 bits per heavy atom. The molecule has 1 fully saturated rings. The van der Waals surface area contributed by atoms with Gasteiger partial charge in [0.25, 0.3) is 5.91 Å². The maximum Gasteiger partial charge on any atom is 0.255 e. The second-order valence-corrected chi connectivity index (χ2v) is 7.46. The molecule has 1 aliphatic rings. The first-order chi connectivity index (χ1) is 13.2. The molecule has 2 N–H and O–H groups in total. The van der Waals surface area contributed by atoms with Crippen LogP contribution in [0, 0.1) is 0 Å². The molecule has 1 amide bonds. The molecule has 3 rings (SSSR count). The van der Waals surface area contributed by atoms with Crippen molar-refractivity contribution in [2.24, 2.45) is 0 Å². The topological polar surface area (TPSA) is 85.4 Å². The SMILES string of the molecule is C=C(C)c1cnc(Cl)cc1Nc1ccncc1C(=O)NC1COC(C)(C)OC1. The second-order valence-electron chi connectivity index (χ2n) is 7.07. The zero-order valence-electron chi connectivity index (χ0n) is 16.1. The van der Waals surface area contributed by atoms with E-state index in [1.807, 2.05) is 20.8 Å². The number of carbonyl (C=O) groups is 1. The predicted octanol–water partition coefficient (Wildman–Crippen LogP) is 3.79. The lowest BCUT2D eigenvalue weighted by Gasteiger charge is -2.35. The lowest BCUT2D eigenvalue weighted by atomic mass is 10.1. The van der Waals surface area contributed by atoms with E-state index in [1.54, 1.807) is 24.5 Å². The third kappa shape index (κ3) is 4.86. The molecular weight excluding hydrogens is 380 g/mol. The van der Waals surface area contributed by atoms with Crippen LogP contribution in [0.2, 0.25) is 5.15 Å². The van der Waals surface area contributed by atoms with E-state index >= 15 is 0 Å². The molecule has 0 atom stereocenters. The van der Waals surface area contributed by atoms with Gasteiger partial charge in [0.15, 0.2) is 5.79 Å². The Hall–Kier alpha value is -2.48. The summed E-state index contributed by atoms with van der Waals surface area (Å²) in [7, 11) is 0. The van der Waals surface area contributed by atoms with E-state index in [2.05, 4.69) is 27.2 Å². The summed E-state index contributed by atoms with van der Waals surface area (Å²) in [6.45, 7) is 10.3. The number of carbonyl (C=O) groups excluding carboxylic acids is 1. The van der Waals surface area contributed by atoms with Gasteiger partial charge in [0, 0.05) is 24.2 Å². The summed E-state index contributed by atoms with van der Waals surface area (Å²) < 4.78 is 11.2. The molecule has 0 bridgehead atoms. The highest BCUT2D eigenvalue weighted by Gasteiger charge is 2.29. The molecule has 0 unspecified atom stereocenters. The summed E-state index contributed by atoms with van der Waals surface area (Å²) in [4.78, 5) is 21.0. The van der Waals surface area contributed by atoms with Gasteiger partial charge in [-0.1, -0.05) is 18.2 Å². The Bertz CT molecular complexity index is 891. The predicted molar refractivity (Wildman–Crippen MR) is 109 cm³/mol. The standard InChI is InChI=1S/C20H23ClN4O3/c1-12(2)14-9-23-18(21)7-17(14)25-16-5-6-22-8-15(16)19(26)24-13-10-27-20(3,4)28-11-13/h5-9,13H,1,10-11H2,2-4H3,(H,24,26)(H,22,23,25). The first-order valence-electron chi connectivity index (χ1n) is 8.86. The van der Waals surface area contributed by atoms with E-state index in [1.165, 1.54) is 6.20 Å². The van der Waals surface area contributed by atoms with Crippen LogP contribution in [0.25, 0.3) is 5.57 Å². The molecule has 1 aliphatic heterocycles. The van der Waals surface area contributed by atoms with Gasteiger partial charge < -0.3 is 20.1 Å². The van der Waals surface area contributed by atoms with Crippen molar-refractivity contribution in [2.75, 3.05) is 18.5 Å². The van der Waals surface area contributed by atoms with Gasteiger partial charge in [-0.05, 0) is 38.5 Å². The summed E-state index contributed by atoms with van der Waals surface area (Å²) in [6, 6.07) is 3.18. The highest BCUT2D eigenvalue weighted by molar-refractivity contribution is 6.29. The zero-order chi connectivity index (χ0) is 20.3. The lowest BCUT2D eigenvalue weighted by Crippen LogP contribution is -2.50. The fourth-order valence-electron chi connectivity index (χ4n) is 2.74. The Morgan fingerprint density at radius 1 is 1.25 bits per heavy atom. The number of allylic oxidation sites excluding steroid dienone is 1. The molecule has 0 radical (unpaired) electrons. The molecule has 8 heteroatoms. The van der Waals surface area contributed by atoms with E-state index in [4.69, 9.17) is 21.1 Å². The minimum Gasteiger partial charge on any atom is -0.354 e. The molecule has 0 spiro atoms. The van der Waals surface area contributed by atoms with Crippen LogP contribution >= 0.6 is 11.6 Å². The van der Waals surface area contributed by atoms with Crippen LogP contribution in [-0.2, 0) is 9.47 Å². The molecule has 28 heavy (non-hydrogen) atoms. The van der Waals surface area contributed by atoms with Crippen molar-refractivity contribution in [3.63, 3.8) is 0 Å². The number of anilines is 2. The van der Waals surface area contributed by atoms with Gasteiger partial charge in [0.2, 0.25) is 0 Å². The van der Waals surface area contributed by atoms with E-state index in [-0.39, 0.29) is 11.9 Å². The summed E-state index contributed by atoms with van der Waals surface area (Å²) >= 11 is 6.04. The number of aromatic nitrogens is 2. The second kappa shape index (κ2) is 8.26. The smallest absolute Gasteiger partial charge is 0.255 e. The highest BCUT2D eigenvalue weighted by Crippen LogP contribution is 2.29. The third-order valence-electron chi connectivity index (χ3n) is 4.26. The maximum atomic E-state index is 12.8. The number of pyridine rings is 2. The molecule has 0 aromatic carbocycles. The van der Waals surface area contributed by atoms with E-state index < -0.39 is 5.79 Å². The molecular formula is C20H23ClN4O3. The van der Waals surface area contributed by atoms with Crippen molar-refractivity contribution in [3.05, 3.63) is 53.6 Å². The Kier molecular flexibility index (Phi) is 5.98. The number of hydrogen-bond donors (Lipinski definition) is 2. The van der Waals surface area contributed by atoms with Gasteiger partial charge >= 0.3 is 0 Å². The largest absolute Gasteiger partial charge is 0.354 e. The third-order valence-corrected chi connectivity index (χ3v) is 4.47. The highest BCUT2D eigenvalue weighted by atomic mass is 35.5. The Balaban J connectivity index is 1.79. The van der Waals surface area contributed by atoms with E-state index in [0.29, 0.717) is 35.3 Å². The number of halogens is 1. The number of hydrogen-bond acceptors (Lipinski definition) is 6. The Morgan fingerprint density at radius 2 is 1.96 bits per heavy atom. The van der Waals surface area contributed by atoms with Crippen LogP contribution < -0.4 is 10.6 Å². The van der Waals surface area contributed by atoms with Crippen molar-refractivity contribution in [1.82, 2.24) is 15.3 Å². The summed E-state index contributed by atoms with van der Waals surface area (Å²) in [5.41, 5.74) is 3.33. The number of nitrogens with zero attached hydrogens (tertiary/aromatic N) is 2. The normalized spacial score (nSPS) is 16.4. The minimum atomic E-state index is -0.637. The molecule has 0 aliphatic carbocycles. The van der Waals surface area contributed by atoms with Gasteiger partial charge in [0.1, 0.15) is 5.15 Å². The van der Waals surface area contributed by atoms with Crippen molar-refractivity contribution in [3.8, 4) is 0 Å². The number of nitrogens with one attached hydrogen (secondary N) is 2.